The summed E-state index contributed by atoms with van der Waals surface area (Å²) in [5.41, 5.74) is 2.81. The number of carbonyl (C=O) groups is 1. The van der Waals surface area contributed by atoms with Crippen molar-refractivity contribution in [3.8, 4) is 5.75 Å². The summed E-state index contributed by atoms with van der Waals surface area (Å²) in [6.07, 6.45) is 3.76. The van der Waals surface area contributed by atoms with E-state index in [-0.39, 0.29) is 40.1 Å². The van der Waals surface area contributed by atoms with Crippen LogP contribution in [-0.2, 0) is 14.8 Å². The average Bonchev–Trinajstić information content (AvgIpc) is 3.20. The number of hydrogen-bond acceptors (Lipinski definition) is 4. The number of hydrogen-bond donors (Lipinski definition) is 2. The largest absolute Gasteiger partial charge is 0.482 e. The molecule has 31 heavy (non-hydrogen) atoms. The molecule has 2 aromatic carbocycles. The van der Waals surface area contributed by atoms with Crippen molar-refractivity contribution in [3.05, 3.63) is 52.5 Å². The van der Waals surface area contributed by atoms with Crippen LogP contribution in [0.3, 0.4) is 0 Å². The van der Waals surface area contributed by atoms with Crippen molar-refractivity contribution >= 4 is 33.2 Å². The van der Waals surface area contributed by atoms with Crippen LogP contribution in [0.5, 0.6) is 5.75 Å². The minimum absolute atomic E-state index is 0.0272. The Morgan fingerprint density at radius 2 is 1.90 bits per heavy atom. The third-order valence-corrected chi connectivity index (χ3v) is 7.25. The van der Waals surface area contributed by atoms with Gasteiger partial charge in [0, 0.05) is 11.7 Å². The molecule has 0 unspecified atom stereocenters. The zero-order valence-electron chi connectivity index (χ0n) is 18.1. The molecule has 3 rings (SSSR count). The molecular weight excluding hydrogens is 436 g/mol. The molecule has 8 heteroatoms. The van der Waals surface area contributed by atoms with E-state index in [0.29, 0.717) is 0 Å². The first kappa shape index (κ1) is 23.6. The van der Waals surface area contributed by atoms with E-state index in [1.165, 1.54) is 18.2 Å². The lowest BCUT2D eigenvalue weighted by Gasteiger charge is -2.17. The van der Waals surface area contributed by atoms with Gasteiger partial charge in [0.05, 0.1) is 9.92 Å². The van der Waals surface area contributed by atoms with E-state index in [1.807, 2.05) is 25.1 Å². The van der Waals surface area contributed by atoms with Crippen LogP contribution in [0.1, 0.15) is 56.6 Å². The molecule has 0 saturated heterocycles. The van der Waals surface area contributed by atoms with E-state index in [2.05, 4.69) is 23.9 Å². The molecule has 1 aliphatic carbocycles. The molecule has 0 radical (unpaired) electrons. The summed E-state index contributed by atoms with van der Waals surface area (Å²) in [5.74, 6) is 0.204. The van der Waals surface area contributed by atoms with Gasteiger partial charge >= 0.3 is 0 Å². The first-order chi connectivity index (χ1) is 14.7. The van der Waals surface area contributed by atoms with Crippen molar-refractivity contribution in [1.29, 1.82) is 0 Å². The number of para-hydroxylation sites is 1. The summed E-state index contributed by atoms with van der Waals surface area (Å²) >= 11 is 6.24. The standard InChI is InChI=1S/C23H29ClN2O4S/c1-15(2)19-10-6-7-16(3)23(19)25-22(27)14-30-21-12-11-18(13-20(21)24)31(28,29)26-17-8-4-5-9-17/h6-7,10-13,15,17,26H,4-5,8-9,14H2,1-3H3,(H,25,27). The SMILES string of the molecule is Cc1cccc(C(C)C)c1NC(=O)COc1ccc(S(=O)(=O)NC2CCCC2)cc1Cl. The molecule has 0 spiro atoms. The lowest BCUT2D eigenvalue weighted by atomic mass is 9.98. The van der Waals surface area contributed by atoms with E-state index in [4.69, 9.17) is 16.3 Å². The number of aryl methyl sites for hydroxylation is 1. The third-order valence-electron chi connectivity index (χ3n) is 5.44. The molecule has 2 N–H and O–H groups in total. The number of benzene rings is 2. The van der Waals surface area contributed by atoms with E-state index < -0.39 is 10.0 Å². The van der Waals surface area contributed by atoms with Crippen molar-refractivity contribution in [2.45, 2.75) is 63.3 Å². The molecule has 1 aliphatic rings. The van der Waals surface area contributed by atoms with Crippen LogP contribution >= 0.6 is 11.6 Å². The molecule has 1 fully saturated rings. The summed E-state index contributed by atoms with van der Waals surface area (Å²) < 4.78 is 33.4. The molecular formula is C23H29ClN2O4S. The Bertz CT molecular complexity index is 1050. The van der Waals surface area contributed by atoms with E-state index in [0.717, 1.165) is 42.5 Å². The number of halogens is 1. The maximum Gasteiger partial charge on any atom is 0.262 e. The Kier molecular flexibility index (Phi) is 7.62. The number of nitrogens with one attached hydrogen (secondary N) is 2. The lowest BCUT2D eigenvalue weighted by molar-refractivity contribution is -0.118. The van der Waals surface area contributed by atoms with Crippen molar-refractivity contribution in [2.24, 2.45) is 0 Å². The van der Waals surface area contributed by atoms with Gasteiger partial charge in [-0.1, -0.05) is 56.5 Å². The van der Waals surface area contributed by atoms with Gasteiger partial charge in [0.25, 0.3) is 5.91 Å². The fraction of sp³-hybridized carbons (Fsp3) is 0.435. The van der Waals surface area contributed by atoms with Crippen molar-refractivity contribution < 1.29 is 17.9 Å². The summed E-state index contributed by atoms with van der Waals surface area (Å²) in [4.78, 5) is 12.5. The normalized spacial score (nSPS) is 14.7. The molecule has 0 heterocycles. The maximum absolute atomic E-state index is 12.6. The van der Waals surface area contributed by atoms with Crippen LogP contribution < -0.4 is 14.8 Å². The summed E-state index contributed by atoms with van der Waals surface area (Å²) in [5, 5.41) is 3.05. The molecule has 2 aromatic rings. The minimum atomic E-state index is -3.64. The highest BCUT2D eigenvalue weighted by Gasteiger charge is 2.23. The Morgan fingerprint density at radius 3 is 2.55 bits per heavy atom. The van der Waals surface area contributed by atoms with Gasteiger partial charge in [-0.2, -0.15) is 0 Å². The minimum Gasteiger partial charge on any atom is -0.482 e. The predicted molar refractivity (Wildman–Crippen MR) is 123 cm³/mol. The monoisotopic (exact) mass is 464 g/mol. The highest BCUT2D eigenvalue weighted by Crippen LogP contribution is 2.29. The molecule has 1 saturated carbocycles. The van der Waals surface area contributed by atoms with Gasteiger partial charge in [-0.25, -0.2) is 13.1 Å². The second kappa shape index (κ2) is 10.0. The van der Waals surface area contributed by atoms with Gasteiger partial charge in [-0.05, 0) is 55.0 Å². The predicted octanol–water partition coefficient (Wildman–Crippen LogP) is 5.01. The second-order valence-electron chi connectivity index (χ2n) is 8.23. The zero-order valence-corrected chi connectivity index (χ0v) is 19.6. The quantitative estimate of drug-likeness (QED) is 0.575. The fourth-order valence-electron chi connectivity index (χ4n) is 3.76. The molecule has 1 amide bonds. The Morgan fingerprint density at radius 1 is 1.19 bits per heavy atom. The maximum atomic E-state index is 12.6. The number of sulfonamides is 1. The highest BCUT2D eigenvalue weighted by molar-refractivity contribution is 7.89. The smallest absolute Gasteiger partial charge is 0.262 e. The van der Waals surface area contributed by atoms with E-state index >= 15 is 0 Å². The highest BCUT2D eigenvalue weighted by atomic mass is 35.5. The lowest BCUT2D eigenvalue weighted by Crippen LogP contribution is -2.32. The van der Waals surface area contributed by atoms with Gasteiger partial charge in [0.15, 0.2) is 6.61 Å². The zero-order chi connectivity index (χ0) is 22.6. The van der Waals surface area contributed by atoms with Crippen LogP contribution in [0.25, 0.3) is 0 Å². The van der Waals surface area contributed by atoms with Crippen LogP contribution in [0.15, 0.2) is 41.3 Å². The fourth-order valence-corrected chi connectivity index (χ4v) is 5.39. The van der Waals surface area contributed by atoms with Crippen molar-refractivity contribution in [3.63, 3.8) is 0 Å². The topological polar surface area (TPSA) is 84.5 Å². The van der Waals surface area contributed by atoms with Crippen LogP contribution in [-0.4, -0.2) is 27.0 Å². The van der Waals surface area contributed by atoms with E-state index in [1.54, 1.807) is 0 Å². The first-order valence-electron chi connectivity index (χ1n) is 10.5. The van der Waals surface area contributed by atoms with Gasteiger partial charge in [0.2, 0.25) is 10.0 Å². The molecule has 168 valence electrons. The first-order valence-corrected chi connectivity index (χ1v) is 12.4. The molecule has 6 nitrogen and oxygen atoms in total. The summed E-state index contributed by atoms with van der Waals surface area (Å²) in [6.45, 7) is 5.84. The van der Waals surface area contributed by atoms with Gasteiger partial charge in [-0.3, -0.25) is 4.79 Å². The van der Waals surface area contributed by atoms with Crippen molar-refractivity contribution in [1.82, 2.24) is 4.72 Å². The van der Waals surface area contributed by atoms with Gasteiger partial charge in [-0.15, -0.1) is 0 Å². The van der Waals surface area contributed by atoms with Gasteiger partial charge < -0.3 is 10.1 Å². The average molecular weight is 465 g/mol. The Balaban J connectivity index is 1.64. The number of anilines is 1. The molecule has 0 bridgehead atoms. The molecule has 0 atom stereocenters. The van der Waals surface area contributed by atoms with Crippen molar-refractivity contribution in [2.75, 3.05) is 11.9 Å². The van der Waals surface area contributed by atoms with Crippen LogP contribution in [0, 0.1) is 6.92 Å². The number of rotatable bonds is 8. The number of carbonyl (C=O) groups excluding carboxylic acids is 1. The second-order valence-corrected chi connectivity index (χ2v) is 10.3. The van der Waals surface area contributed by atoms with Crippen LogP contribution in [0.4, 0.5) is 5.69 Å². The molecule has 0 aliphatic heterocycles. The van der Waals surface area contributed by atoms with E-state index in [9.17, 15) is 13.2 Å². The molecule has 0 aromatic heterocycles. The number of amides is 1. The Labute approximate surface area is 189 Å². The van der Waals surface area contributed by atoms with Gasteiger partial charge in [0.1, 0.15) is 5.75 Å². The van der Waals surface area contributed by atoms with Crippen LogP contribution in [0.2, 0.25) is 5.02 Å². The number of ether oxygens (including phenoxy) is 1. The summed E-state index contributed by atoms with van der Waals surface area (Å²) in [7, 11) is -3.64. The third kappa shape index (κ3) is 5.99. The Hall–Kier alpha value is -2.09. The summed E-state index contributed by atoms with van der Waals surface area (Å²) in [6, 6.07) is 10.1.